The van der Waals surface area contributed by atoms with Crippen molar-refractivity contribution in [3.63, 3.8) is 0 Å². The van der Waals surface area contributed by atoms with Crippen molar-refractivity contribution in [2.45, 2.75) is 108 Å². The molecule has 3 aromatic rings. The first-order valence-electron chi connectivity index (χ1n) is 20.7. The van der Waals surface area contributed by atoms with Crippen LogP contribution in [0.5, 0.6) is 0 Å². The molecule has 4 aliphatic rings. The highest BCUT2D eigenvalue weighted by Gasteiger charge is 2.78. The quantitative estimate of drug-likeness (QED) is 0.110. The number of Topliss-reactive ketones (excluding diaryl/α,β-unsaturated/α-hetero) is 1. The van der Waals surface area contributed by atoms with Crippen LogP contribution in [0, 0.1) is 16.7 Å². The largest absolute Gasteiger partial charge is 0.456 e. The Labute approximate surface area is 363 Å². The third-order valence-corrected chi connectivity index (χ3v) is 13.5. The lowest BCUT2D eigenvalue weighted by molar-refractivity contribution is -0.346. The van der Waals surface area contributed by atoms with Crippen molar-refractivity contribution >= 4 is 41.4 Å². The number of hydrogen-bond donors (Lipinski definition) is 5. The van der Waals surface area contributed by atoms with Gasteiger partial charge in [0.15, 0.2) is 23.6 Å². The zero-order chi connectivity index (χ0) is 45.6. The minimum Gasteiger partial charge on any atom is -0.456 e. The molecule has 63 heavy (non-hydrogen) atoms. The van der Waals surface area contributed by atoms with Crippen LogP contribution in [0.1, 0.15) is 76.3 Å². The number of urea groups is 1. The van der Waals surface area contributed by atoms with Gasteiger partial charge in [0, 0.05) is 37.8 Å². The molecule has 3 aliphatic carbocycles. The van der Waals surface area contributed by atoms with Gasteiger partial charge < -0.3 is 49.6 Å². The average Bonchev–Trinajstić information content (AvgIpc) is 3.24. The van der Waals surface area contributed by atoms with Gasteiger partial charge in [-0.25, -0.2) is 14.4 Å². The molecule has 16 heteroatoms. The summed E-state index contributed by atoms with van der Waals surface area (Å²) in [5.41, 5.74) is -6.90. The lowest BCUT2D eigenvalue weighted by Gasteiger charge is -2.67. The van der Waals surface area contributed by atoms with Crippen LogP contribution in [-0.2, 0) is 42.9 Å². The maximum absolute atomic E-state index is 15.5. The second kappa shape index (κ2) is 17.0. The number of carbonyl (C=O) groups excluding carboxylic acids is 6. The Balaban J connectivity index is 1.37. The van der Waals surface area contributed by atoms with E-state index < -0.39 is 113 Å². The molecule has 11 atom stereocenters. The second-order valence-corrected chi connectivity index (χ2v) is 17.5. The number of nitrogens with one attached hydrogen (secondary N) is 2. The number of aliphatic hydroxyl groups excluding tert-OH is 2. The van der Waals surface area contributed by atoms with Gasteiger partial charge in [-0.05, 0) is 54.8 Å². The number of ketones is 1. The van der Waals surface area contributed by atoms with Gasteiger partial charge in [-0.3, -0.25) is 14.4 Å². The van der Waals surface area contributed by atoms with Gasteiger partial charge in [0.25, 0.3) is 0 Å². The topological polar surface area (TPSA) is 233 Å². The first-order valence-corrected chi connectivity index (χ1v) is 20.7. The summed E-state index contributed by atoms with van der Waals surface area (Å²) in [7, 11) is 0. The Morgan fingerprint density at radius 2 is 1.44 bits per heavy atom. The lowest BCUT2D eigenvalue weighted by atomic mass is 9.44. The van der Waals surface area contributed by atoms with Crippen LogP contribution in [-0.4, -0.2) is 105 Å². The van der Waals surface area contributed by atoms with Crippen LogP contribution >= 0.6 is 0 Å². The molecule has 1 unspecified atom stereocenters. The molecular formula is C47H52N2O14. The van der Waals surface area contributed by atoms with E-state index in [0.29, 0.717) is 11.3 Å². The monoisotopic (exact) mass is 868 g/mol. The highest BCUT2D eigenvalue weighted by atomic mass is 16.6. The smallest absolute Gasteiger partial charge is 0.338 e. The Morgan fingerprint density at radius 1 is 0.841 bits per heavy atom. The predicted molar refractivity (Wildman–Crippen MR) is 222 cm³/mol. The summed E-state index contributed by atoms with van der Waals surface area (Å²) in [6, 6.07) is 22.4. The Hall–Kier alpha value is -5.94. The van der Waals surface area contributed by atoms with Crippen LogP contribution in [0.2, 0.25) is 0 Å². The molecule has 3 aromatic carbocycles. The number of ether oxygens (including phenoxy) is 5. The molecule has 16 nitrogen and oxygen atoms in total. The minimum absolute atomic E-state index is 0.00938. The number of rotatable bonds is 10. The predicted octanol–water partition coefficient (Wildman–Crippen LogP) is 4.13. The summed E-state index contributed by atoms with van der Waals surface area (Å²) in [6.45, 7) is 7.95. The van der Waals surface area contributed by atoms with Gasteiger partial charge in [0.2, 0.25) is 0 Å². The SMILES string of the molecule is CC(=O)O[C@H]1C(=O)[C@@]2(C)[C@H]([C@H](OC(=O)c3ccccc3)[C@]3(O)CC(OC(=O)[C@H](O)[C@@H](NC(=O)Nc4ccccc4)c4ccccc4)C(C)=C1C3(C)C)[C@]1(OC(C)=O)CO[C@@H]1C[C@@H]2O. The molecule has 1 aliphatic heterocycles. The van der Waals surface area contributed by atoms with Crippen molar-refractivity contribution < 1.29 is 67.8 Å². The van der Waals surface area contributed by atoms with E-state index in [9.17, 15) is 39.3 Å². The zero-order valence-electron chi connectivity index (χ0n) is 35.7. The molecule has 3 fully saturated rings. The minimum atomic E-state index is -2.40. The maximum atomic E-state index is 15.5. The fraction of sp³-hybridized carbons (Fsp3) is 0.447. The Kier molecular flexibility index (Phi) is 12.2. The Morgan fingerprint density at radius 3 is 2.02 bits per heavy atom. The summed E-state index contributed by atoms with van der Waals surface area (Å²) >= 11 is 0. The molecule has 334 valence electrons. The maximum Gasteiger partial charge on any atom is 0.338 e. The number of hydrogen-bond acceptors (Lipinski definition) is 14. The summed E-state index contributed by atoms with van der Waals surface area (Å²) in [5.74, 6) is -6.29. The van der Waals surface area contributed by atoms with E-state index >= 15 is 4.79 Å². The number of anilines is 1. The molecule has 1 saturated heterocycles. The third-order valence-electron chi connectivity index (χ3n) is 13.5. The molecule has 2 saturated carbocycles. The first-order chi connectivity index (χ1) is 29.8. The van der Waals surface area contributed by atoms with E-state index in [2.05, 4.69) is 10.6 Å². The van der Waals surface area contributed by atoms with Crippen LogP contribution < -0.4 is 10.6 Å². The number of benzene rings is 3. The molecule has 7 rings (SSSR count). The zero-order valence-corrected chi connectivity index (χ0v) is 35.7. The van der Waals surface area contributed by atoms with Gasteiger partial charge in [0.05, 0.1) is 35.6 Å². The van der Waals surface area contributed by atoms with Gasteiger partial charge in [-0.15, -0.1) is 0 Å². The average molecular weight is 869 g/mol. The van der Waals surface area contributed by atoms with Gasteiger partial charge >= 0.3 is 29.9 Å². The third kappa shape index (κ3) is 7.79. The number of esters is 4. The fourth-order valence-corrected chi connectivity index (χ4v) is 10.2. The number of fused-ring (bicyclic) bond motifs is 5. The lowest BCUT2D eigenvalue weighted by Crippen LogP contribution is -2.82. The van der Waals surface area contributed by atoms with Crippen LogP contribution in [0.4, 0.5) is 10.5 Å². The van der Waals surface area contributed by atoms with Crippen molar-refractivity contribution in [2.24, 2.45) is 16.7 Å². The molecule has 0 aromatic heterocycles. The van der Waals surface area contributed by atoms with Crippen molar-refractivity contribution in [1.82, 2.24) is 5.32 Å². The number of aliphatic hydroxyl groups is 3. The molecule has 0 spiro atoms. The summed E-state index contributed by atoms with van der Waals surface area (Å²) in [6.07, 6.45) is -10.6. The molecule has 0 radical (unpaired) electrons. The van der Waals surface area contributed by atoms with Crippen LogP contribution in [0.15, 0.2) is 102 Å². The summed E-state index contributed by atoms with van der Waals surface area (Å²) in [5, 5.41) is 42.8. The normalized spacial score (nSPS) is 31.5. The highest BCUT2D eigenvalue weighted by molar-refractivity contribution is 5.96. The van der Waals surface area contributed by atoms with E-state index in [0.717, 1.165) is 13.8 Å². The standard InChI is InChI=1S/C47H52N2O14/c1-25-31(61-42(56)36(53)35(28-16-10-7-11-17-28)49-43(57)48-30-20-14-9-15-21-30)23-47(58)40(62-41(55)29-18-12-8-13-19-29)38-45(6,32(52)22-33-46(38,24-59-33)63-27(3)51)39(54)37(60-26(2)50)34(25)44(47,4)5/h7-21,31-33,35-38,40,52-53,58H,22-24H2,1-6H3,(H2,48,49,57)/t31?,32-,33+,35-,36+,37+,38-,40-,45+,46-,47+/m0/s1. The first kappa shape index (κ1) is 45.1. The molecule has 2 amide bonds. The van der Waals surface area contributed by atoms with E-state index in [1.54, 1.807) is 92.7 Å². The number of carbonyl (C=O) groups is 6. The van der Waals surface area contributed by atoms with Crippen LogP contribution in [0.3, 0.4) is 0 Å². The highest BCUT2D eigenvalue weighted by Crippen LogP contribution is 2.64. The summed E-state index contributed by atoms with van der Waals surface area (Å²) in [4.78, 5) is 83.3. The number of amides is 2. The van der Waals surface area contributed by atoms with E-state index in [4.69, 9.17) is 23.7 Å². The van der Waals surface area contributed by atoms with Crippen LogP contribution in [0.25, 0.3) is 0 Å². The van der Waals surface area contributed by atoms with Crippen molar-refractivity contribution in [3.05, 3.63) is 113 Å². The molecule has 5 N–H and O–H groups in total. The molecular weight excluding hydrogens is 817 g/mol. The van der Waals surface area contributed by atoms with E-state index in [-0.39, 0.29) is 29.7 Å². The molecule has 1 heterocycles. The van der Waals surface area contributed by atoms with Gasteiger partial charge in [0.1, 0.15) is 23.9 Å². The van der Waals surface area contributed by atoms with Crippen molar-refractivity contribution in [3.8, 4) is 0 Å². The fourth-order valence-electron chi connectivity index (χ4n) is 10.2. The molecule has 2 bridgehead atoms. The Bertz CT molecular complexity index is 2300. The van der Waals surface area contributed by atoms with E-state index in [1.807, 2.05) is 0 Å². The van der Waals surface area contributed by atoms with Crippen molar-refractivity contribution in [1.29, 1.82) is 0 Å². The second-order valence-electron chi connectivity index (χ2n) is 17.5. The van der Waals surface area contributed by atoms with Crippen molar-refractivity contribution in [2.75, 3.05) is 11.9 Å². The van der Waals surface area contributed by atoms with Gasteiger partial charge in [-0.2, -0.15) is 0 Å². The summed E-state index contributed by atoms with van der Waals surface area (Å²) < 4.78 is 30.3. The van der Waals surface area contributed by atoms with E-state index in [1.165, 1.54) is 26.0 Å². The van der Waals surface area contributed by atoms with Gasteiger partial charge in [-0.1, -0.05) is 80.6 Å². The number of para-hydroxylation sites is 1.